The molecule has 0 aliphatic rings. The third-order valence-corrected chi connectivity index (χ3v) is 14.2. The molecule has 456 valence electrons. The molecule has 1 unspecified atom stereocenters. The van der Waals surface area contributed by atoms with Crippen LogP contribution < -0.4 is 0 Å². The second-order valence-corrected chi connectivity index (χ2v) is 22.0. The second kappa shape index (κ2) is 67.3. The minimum atomic E-state index is -0.805. The predicted octanol–water partition coefficient (Wildman–Crippen LogP) is 23.2. The van der Waals surface area contributed by atoms with E-state index in [4.69, 9.17) is 14.2 Å². The number of rotatable bonds is 60. The Morgan fingerprint density at radius 1 is 0.263 bits per heavy atom. The van der Waals surface area contributed by atoms with Gasteiger partial charge in [0.1, 0.15) is 13.2 Å². The summed E-state index contributed by atoms with van der Waals surface area (Å²) in [6.07, 6.45) is 93.5. The van der Waals surface area contributed by atoms with Gasteiger partial charge in [0.25, 0.3) is 0 Å². The lowest BCUT2D eigenvalue weighted by Crippen LogP contribution is -2.30. The molecule has 0 heterocycles. The van der Waals surface area contributed by atoms with Gasteiger partial charge in [-0.15, -0.1) is 0 Å². The number of unbranched alkanes of at least 4 members (excludes halogenated alkanes) is 29. The van der Waals surface area contributed by atoms with Crippen molar-refractivity contribution >= 4 is 17.9 Å². The van der Waals surface area contributed by atoms with Crippen molar-refractivity contribution in [3.63, 3.8) is 0 Å². The molecule has 0 amide bonds. The first-order valence-electron chi connectivity index (χ1n) is 33.5. The van der Waals surface area contributed by atoms with Crippen molar-refractivity contribution in [3.8, 4) is 0 Å². The number of carbonyl (C=O) groups is 3. The minimum absolute atomic E-state index is 0.0958. The Hall–Kier alpha value is -4.19. The van der Waals surface area contributed by atoms with E-state index in [1.807, 2.05) is 0 Å². The molecule has 0 rings (SSSR count). The van der Waals surface area contributed by atoms with E-state index >= 15 is 0 Å². The molecule has 0 fully saturated rings. The van der Waals surface area contributed by atoms with Crippen LogP contribution in [0.2, 0.25) is 0 Å². The predicted molar refractivity (Wildman–Crippen MR) is 348 cm³/mol. The average molecular weight is 1110 g/mol. The lowest BCUT2D eigenvalue weighted by Gasteiger charge is -2.18. The van der Waals surface area contributed by atoms with Gasteiger partial charge >= 0.3 is 17.9 Å². The maximum Gasteiger partial charge on any atom is 0.306 e. The lowest BCUT2D eigenvalue weighted by molar-refractivity contribution is -0.167. The van der Waals surface area contributed by atoms with E-state index in [1.165, 1.54) is 161 Å². The fraction of sp³-hybridized carbons (Fsp3) is 0.689. The summed E-state index contributed by atoms with van der Waals surface area (Å²) < 4.78 is 16.9. The summed E-state index contributed by atoms with van der Waals surface area (Å²) in [6, 6.07) is 0. The SMILES string of the molecule is CC/C=C\C/C=C\C/C=C\C/C=C\C/C=C\C/C=C\C/C=C\C/C=C\C/C=C\CCCC(=O)OCC(COC(=O)CCCCCCCCCCCCCCCC)OC(=O)CCCCCCCCCCC/C=C\CCCCCCCC. The molecule has 0 saturated heterocycles. The molecule has 0 saturated carbocycles. The second-order valence-electron chi connectivity index (χ2n) is 22.0. The van der Waals surface area contributed by atoms with E-state index < -0.39 is 6.10 Å². The van der Waals surface area contributed by atoms with Crippen LogP contribution in [0.15, 0.2) is 122 Å². The van der Waals surface area contributed by atoms with Crippen molar-refractivity contribution in [2.24, 2.45) is 0 Å². The van der Waals surface area contributed by atoms with Crippen molar-refractivity contribution in [1.82, 2.24) is 0 Å². The summed E-state index contributed by atoms with van der Waals surface area (Å²) >= 11 is 0. The molecule has 80 heavy (non-hydrogen) atoms. The maximum atomic E-state index is 12.9. The Morgan fingerprint density at radius 2 is 0.500 bits per heavy atom. The van der Waals surface area contributed by atoms with Gasteiger partial charge in [0.05, 0.1) is 0 Å². The third-order valence-electron chi connectivity index (χ3n) is 14.2. The molecule has 0 N–H and O–H groups in total. The van der Waals surface area contributed by atoms with Crippen LogP contribution in [-0.2, 0) is 28.6 Å². The Bertz CT molecular complexity index is 1650. The molecular weight excluding hydrogens is 985 g/mol. The summed E-state index contributed by atoms with van der Waals surface area (Å²) in [5, 5.41) is 0. The summed E-state index contributed by atoms with van der Waals surface area (Å²) in [4.78, 5) is 38.3. The fourth-order valence-corrected chi connectivity index (χ4v) is 9.21. The van der Waals surface area contributed by atoms with E-state index in [1.54, 1.807) is 0 Å². The van der Waals surface area contributed by atoms with Gasteiger partial charge < -0.3 is 14.2 Å². The van der Waals surface area contributed by atoms with Crippen LogP contribution in [0.3, 0.4) is 0 Å². The molecule has 6 heteroatoms. The van der Waals surface area contributed by atoms with Crippen LogP contribution in [0.25, 0.3) is 0 Å². The van der Waals surface area contributed by atoms with E-state index in [-0.39, 0.29) is 37.5 Å². The van der Waals surface area contributed by atoms with E-state index in [0.29, 0.717) is 19.3 Å². The highest BCUT2D eigenvalue weighted by atomic mass is 16.6. The van der Waals surface area contributed by atoms with Crippen LogP contribution in [0.4, 0.5) is 0 Å². The van der Waals surface area contributed by atoms with Gasteiger partial charge in [-0.3, -0.25) is 14.4 Å². The van der Waals surface area contributed by atoms with E-state index in [9.17, 15) is 14.4 Å². The molecule has 0 aromatic rings. The normalized spacial score (nSPS) is 12.9. The Kier molecular flexibility index (Phi) is 63.8. The molecule has 0 bridgehead atoms. The standard InChI is InChI=1S/C74H124O6/c1-4-7-10-13-16-19-22-25-28-30-32-33-34-35-36-37-38-39-40-41-43-44-46-49-52-55-58-61-64-67-73(76)79-70-71(69-78-72(75)66-63-60-57-54-51-48-27-24-21-18-15-12-9-6-3)80-74(77)68-65-62-59-56-53-50-47-45-42-31-29-26-23-20-17-14-11-8-5-2/h7,10,16,19,25-26,28-29,32-33,35-36,38-39,41,43,46,49,55,58,71H,4-6,8-9,11-15,17-18,20-24,27,30-31,34,37,40,42,44-45,47-48,50-54,56-57,59-70H2,1-3H3/b10-7-,19-16-,28-25-,29-26-,33-32-,36-35-,39-38-,43-41-,49-46-,58-55-. The monoisotopic (exact) mass is 1110 g/mol. The first-order chi connectivity index (χ1) is 39.5. The van der Waals surface area contributed by atoms with E-state index in [0.717, 1.165) is 103 Å². The lowest BCUT2D eigenvalue weighted by atomic mass is 10.0. The number of ether oxygens (including phenoxy) is 3. The molecule has 0 aromatic carbocycles. The number of carbonyl (C=O) groups excluding carboxylic acids is 3. The number of esters is 3. The highest BCUT2D eigenvalue weighted by Gasteiger charge is 2.19. The first kappa shape index (κ1) is 75.8. The van der Waals surface area contributed by atoms with E-state index in [2.05, 4.69) is 142 Å². The Morgan fingerprint density at radius 3 is 0.825 bits per heavy atom. The van der Waals surface area contributed by atoms with Crippen molar-refractivity contribution in [3.05, 3.63) is 122 Å². The Balaban J connectivity index is 4.44. The molecule has 0 spiro atoms. The van der Waals surface area contributed by atoms with Crippen LogP contribution in [-0.4, -0.2) is 37.2 Å². The van der Waals surface area contributed by atoms with Gasteiger partial charge in [0, 0.05) is 19.3 Å². The highest BCUT2D eigenvalue weighted by Crippen LogP contribution is 2.16. The van der Waals surface area contributed by atoms with Gasteiger partial charge in [0.15, 0.2) is 6.10 Å². The Labute approximate surface area is 494 Å². The molecule has 6 nitrogen and oxygen atoms in total. The molecule has 1 atom stereocenters. The van der Waals surface area contributed by atoms with Gasteiger partial charge in [0.2, 0.25) is 0 Å². The zero-order valence-electron chi connectivity index (χ0n) is 52.3. The highest BCUT2D eigenvalue weighted by molar-refractivity contribution is 5.71. The smallest absolute Gasteiger partial charge is 0.306 e. The van der Waals surface area contributed by atoms with Crippen LogP contribution >= 0.6 is 0 Å². The molecular formula is C74H124O6. The van der Waals surface area contributed by atoms with Crippen molar-refractivity contribution < 1.29 is 28.6 Å². The van der Waals surface area contributed by atoms with Crippen LogP contribution in [0, 0.1) is 0 Å². The van der Waals surface area contributed by atoms with Gasteiger partial charge in [-0.1, -0.05) is 303 Å². The molecule has 0 aliphatic heterocycles. The zero-order valence-corrected chi connectivity index (χ0v) is 52.3. The van der Waals surface area contributed by atoms with Gasteiger partial charge in [-0.05, 0) is 109 Å². The molecule has 0 radical (unpaired) electrons. The largest absolute Gasteiger partial charge is 0.462 e. The topological polar surface area (TPSA) is 78.9 Å². The van der Waals surface area contributed by atoms with Crippen molar-refractivity contribution in [2.45, 2.75) is 316 Å². The summed E-state index contributed by atoms with van der Waals surface area (Å²) in [7, 11) is 0. The van der Waals surface area contributed by atoms with Crippen LogP contribution in [0.5, 0.6) is 0 Å². The van der Waals surface area contributed by atoms with Crippen molar-refractivity contribution in [1.29, 1.82) is 0 Å². The maximum absolute atomic E-state index is 12.9. The summed E-state index contributed by atoms with van der Waals surface area (Å²) in [6.45, 7) is 6.50. The summed E-state index contributed by atoms with van der Waals surface area (Å²) in [5.41, 5.74) is 0. The molecule has 0 aromatic heterocycles. The number of allylic oxidation sites excluding steroid dienone is 20. The summed E-state index contributed by atoms with van der Waals surface area (Å²) in [5.74, 6) is -0.951. The molecule has 0 aliphatic carbocycles. The van der Waals surface area contributed by atoms with Gasteiger partial charge in [-0.2, -0.15) is 0 Å². The quantitative estimate of drug-likeness (QED) is 0.0261. The first-order valence-corrected chi connectivity index (χ1v) is 33.5. The third kappa shape index (κ3) is 64.6. The van der Waals surface area contributed by atoms with Gasteiger partial charge in [-0.25, -0.2) is 0 Å². The zero-order chi connectivity index (χ0) is 57.8. The van der Waals surface area contributed by atoms with Crippen molar-refractivity contribution in [2.75, 3.05) is 13.2 Å². The minimum Gasteiger partial charge on any atom is -0.462 e. The average Bonchev–Trinajstić information content (AvgIpc) is 3.46. The number of hydrogen-bond acceptors (Lipinski definition) is 6. The van der Waals surface area contributed by atoms with Crippen LogP contribution in [0.1, 0.15) is 310 Å². The fourth-order valence-electron chi connectivity index (χ4n) is 9.21. The number of hydrogen-bond donors (Lipinski definition) is 0.